The number of rotatable bonds is 3. The number of methoxy groups -OCH3 is 1. The third kappa shape index (κ3) is 4.36. The Morgan fingerprint density at radius 3 is 2.71 bits per heavy atom. The molecule has 92 valence electrons. The molecule has 0 atom stereocenters. The maximum absolute atomic E-state index is 11.5. The van der Waals surface area contributed by atoms with Crippen LogP contribution < -0.4 is 15.4 Å². The molecule has 0 fully saturated rings. The Balaban J connectivity index is 2.76. The van der Waals surface area contributed by atoms with E-state index < -0.39 is 0 Å². The molecule has 4 nitrogen and oxygen atoms in total. The Hall–Kier alpha value is -1.68. The normalized spacial score (nSPS) is 9.41. The molecule has 0 unspecified atom stereocenters. The highest BCUT2D eigenvalue weighted by atomic mass is 35.5. The van der Waals surface area contributed by atoms with Crippen LogP contribution in [0.5, 0.6) is 5.75 Å². The zero-order valence-corrected chi connectivity index (χ0v) is 10.8. The van der Waals surface area contributed by atoms with E-state index >= 15 is 0 Å². The molecule has 2 N–H and O–H groups in total. The molecule has 0 radical (unpaired) electrons. The number of amides is 2. The van der Waals surface area contributed by atoms with Gasteiger partial charge in [-0.15, -0.1) is 0 Å². The molecule has 1 rings (SSSR count). The lowest BCUT2D eigenvalue weighted by Gasteiger charge is -2.10. The molecule has 0 heterocycles. The number of carbonyl (C=O) groups excluding carboxylic acids is 1. The SMILES string of the molecule is COc1ccc(Cl)cc1NC(=O)NC=C(C)C. The van der Waals surface area contributed by atoms with Gasteiger partial charge in [0.2, 0.25) is 0 Å². The molecule has 1 aromatic rings. The third-order valence-corrected chi connectivity index (χ3v) is 2.14. The molecular weight excluding hydrogens is 240 g/mol. The van der Waals surface area contributed by atoms with Gasteiger partial charge in [-0.25, -0.2) is 4.79 Å². The second-order valence-electron chi connectivity index (χ2n) is 3.66. The molecule has 17 heavy (non-hydrogen) atoms. The highest BCUT2D eigenvalue weighted by Gasteiger charge is 2.06. The van der Waals surface area contributed by atoms with Gasteiger partial charge >= 0.3 is 6.03 Å². The van der Waals surface area contributed by atoms with Crippen LogP contribution in [0.4, 0.5) is 10.5 Å². The fraction of sp³-hybridized carbons (Fsp3) is 0.250. The number of ether oxygens (including phenoxy) is 1. The van der Waals surface area contributed by atoms with Crippen molar-refractivity contribution in [2.24, 2.45) is 0 Å². The van der Waals surface area contributed by atoms with Crippen molar-refractivity contribution in [3.05, 3.63) is 35.0 Å². The number of hydrogen-bond acceptors (Lipinski definition) is 2. The minimum absolute atomic E-state index is 0.341. The van der Waals surface area contributed by atoms with Crippen molar-refractivity contribution in [1.29, 1.82) is 0 Å². The van der Waals surface area contributed by atoms with Gasteiger partial charge in [0.15, 0.2) is 0 Å². The summed E-state index contributed by atoms with van der Waals surface area (Å²) in [5, 5.41) is 5.78. The van der Waals surface area contributed by atoms with Gasteiger partial charge in [0, 0.05) is 11.2 Å². The molecule has 0 aliphatic rings. The number of benzene rings is 1. The van der Waals surface area contributed by atoms with E-state index in [1.807, 2.05) is 13.8 Å². The van der Waals surface area contributed by atoms with E-state index in [1.54, 1.807) is 24.4 Å². The smallest absolute Gasteiger partial charge is 0.323 e. The first-order chi connectivity index (χ1) is 8.02. The minimum Gasteiger partial charge on any atom is -0.495 e. The van der Waals surface area contributed by atoms with Crippen molar-refractivity contribution < 1.29 is 9.53 Å². The summed E-state index contributed by atoms with van der Waals surface area (Å²) in [6.07, 6.45) is 1.62. The second kappa shape index (κ2) is 6.15. The third-order valence-electron chi connectivity index (χ3n) is 1.90. The van der Waals surface area contributed by atoms with Gasteiger partial charge < -0.3 is 15.4 Å². The van der Waals surface area contributed by atoms with Crippen LogP contribution in [0, 0.1) is 0 Å². The first-order valence-electron chi connectivity index (χ1n) is 5.07. The van der Waals surface area contributed by atoms with Crippen molar-refractivity contribution in [3.8, 4) is 5.75 Å². The van der Waals surface area contributed by atoms with Crippen LogP contribution in [0.1, 0.15) is 13.8 Å². The largest absolute Gasteiger partial charge is 0.495 e. The lowest BCUT2D eigenvalue weighted by atomic mass is 10.3. The Morgan fingerprint density at radius 1 is 1.41 bits per heavy atom. The lowest BCUT2D eigenvalue weighted by Crippen LogP contribution is -2.24. The molecule has 0 aliphatic carbocycles. The molecule has 0 aromatic heterocycles. The van der Waals surface area contributed by atoms with Gasteiger partial charge in [0.1, 0.15) is 5.75 Å². The monoisotopic (exact) mass is 254 g/mol. The van der Waals surface area contributed by atoms with Gasteiger partial charge in [-0.3, -0.25) is 0 Å². The highest BCUT2D eigenvalue weighted by molar-refractivity contribution is 6.31. The molecule has 0 bridgehead atoms. The zero-order valence-electron chi connectivity index (χ0n) is 10.0. The number of urea groups is 1. The van der Waals surface area contributed by atoms with Crippen LogP contribution >= 0.6 is 11.6 Å². The number of carbonyl (C=O) groups is 1. The van der Waals surface area contributed by atoms with Gasteiger partial charge in [0.25, 0.3) is 0 Å². The standard InChI is InChI=1S/C12H15ClN2O2/c1-8(2)7-14-12(16)15-10-6-9(13)4-5-11(10)17-3/h4-7H,1-3H3,(H2,14,15,16). The molecule has 5 heteroatoms. The number of halogens is 1. The van der Waals surface area contributed by atoms with Gasteiger partial charge in [-0.2, -0.15) is 0 Å². The number of allylic oxidation sites excluding steroid dienone is 1. The second-order valence-corrected chi connectivity index (χ2v) is 4.10. The van der Waals surface area contributed by atoms with E-state index in [0.717, 1.165) is 5.57 Å². The minimum atomic E-state index is -0.341. The molecule has 0 saturated carbocycles. The van der Waals surface area contributed by atoms with Crippen LogP contribution in [0.3, 0.4) is 0 Å². The lowest BCUT2D eigenvalue weighted by molar-refractivity contribution is 0.255. The van der Waals surface area contributed by atoms with Gasteiger partial charge in [0.05, 0.1) is 12.8 Å². The number of hydrogen-bond donors (Lipinski definition) is 2. The Morgan fingerprint density at radius 2 is 2.12 bits per heavy atom. The molecule has 1 aromatic carbocycles. The Bertz CT molecular complexity index is 440. The zero-order chi connectivity index (χ0) is 12.8. The van der Waals surface area contributed by atoms with Crippen LogP contribution in [0.2, 0.25) is 5.02 Å². The number of anilines is 1. The predicted molar refractivity (Wildman–Crippen MR) is 69.6 cm³/mol. The van der Waals surface area contributed by atoms with Crippen LogP contribution in [-0.4, -0.2) is 13.1 Å². The fourth-order valence-corrected chi connectivity index (χ4v) is 1.32. The van der Waals surface area contributed by atoms with E-state index in [0.29, 0.717) is 16.5 Å². The summed E-state index contributed by atoms with van der Waals surface area (Å²) >= 11 is 5.85. The van der Waals surface area contributed by atoms with Gasteiger partial charge in [-0.05, 0) is 32.0 Å². The van der Waals surface area contributed by atoms with E-state index in [-0.39, 0.29) is 6.03 Å². The van der Waals surface area contributed by atoms with Crippen LogP contribution in [0.25, 0.3) is 0 Å². The predicted octanol–water partition coefficient (Wildman–Crippen LogP) is 3.39. The summed E-state index contributed by atoms with van der Waals surface area (Å²) < 4.78 is 5.11. The summed E-state index contributed by atoms with van der Waals surface area (Å²) in [4.78, 5) is 11.5. The maximum Gasteiger partial charge on any atom is 0.323 e. The van der Waals surface area contributed by atoms with E-state index in [9.17, 15) is 4.79 Å². The van der Waals surface area contributed by atoms with Gasteiger partial charge in [-0.1, -0.05) is 17.2 Å². The molecule has 0 saturated heterocycles. The quantitative estimate of drug-likeness (QED) is 0.869. The highest BCUT2D eigenvalue weighted by Crippen LogP contribution is 2.27. The average Bonchev–Trinajstić information content (AvgIpc) is 2.27. The Kier molecular flexibility index (Phi) is 4.84. The first kappa shape index (κ1) is 13.4. The van der Waals surface area contributed by atoms with Crippen molar-refractivity contribution >= 4 is 23.3 Å². The summed E-state index contributed by atoms with van der Waals surface area (Å²) in [5.41, 5.74) is 1.53. The Labute approximate surface area is 106 Å². The summed E-state index contributed by atoms with van der Waals surface area (Å²) in [5.74, 6) is 0.557. The van der Waals surface area contributed by atoms with E-state index in [4.69, 9.17) is 16.3 Å². The fourth-order valence-electron chi connectivity index (χ4n) is 1.15. The first-order valence-corrected chi connectivity index (χ1v) is 5.45. The number of nitrogens with one attached hydrogen (secondary N) is 2. The van der Waals surface area contributed by atoms with E-state index in [2.05, 4.69) is 10.6 Å². The summed E-state index contributed by atoms with van der Waals surface area (Å²) in [6.45, 7) is 3.78. The van der Waals surface area contributed by atoms with Crippen molar-refractivity contribution in [1.82, 2.24) is 5.32 Å². The van der Waals surface area contributed by atoms with Crippen LogP contribution in [0.15, 0.2) is 30.0 Å². The van der Waals surface area contributed by atoms with E-state index in [1.165, 1.54) is 7.11 Å². The maximum atomic E-state index is 11.5. The molecule has 0 aliphatic heterocycles. The molecule has 2 amide bonds. The topological polar surface area (TPSA) is 50.4 Å². The van der Waals surface area contributed by atoms with Crippen molar-refractivity contribution in [2.75, 3.05) is 12.4 Å². The van der Waals surface area contributed by atoms with Crippen molar-refractivity contribution in [3.63, 3.8) is 0 Å². The molecule has 0 spiro atoms. The summed E-state index contributed by atoms with van der Waals surface area (Å²) in [7, 11) is 1.53. The van der Waals surface area contributed by atoms with Crippen LogP contribution in [-0.2, 0) is 0 Å². The van der Waals surface area contributed by atoms with Crippen molar-refractivity contribution in [2.45, 2.75) is 13.8 Å². The summed E-state index contributed by atoms with van der Waals surface area (Å²) in [6, 6.07) is 4.67. The molecular formula is C12H15ClN2O2. The average molecular weight is 255 g/mol.